The largest absolute Gasteiger partial charge is 0.493 e. The van der Waals surface area contributed by atoms with Crippen LogP contribution < -0.4 is 9.46 Å². The molecule has 0 radical (unpaired) electrons. The van der Waals surface area contributed by atoms with Crippen LogP contribution in [0.25, 0.3) is 0 Å². The van der Waals surface area contributed by atoms with Gasteiger partial charge in [0.1, 0.15) is 5.75 Å². The van der Waals surface area contributed by atoms with Crippen LogP contribution >= 0.6 is 0 Å². The number of benzene rings is 2. The van der Waals surface area contributed by atoms with E-state index in [1.165, 1.54) is 0 Å². The zero-order chi connectivity index (χ0) is 16.3. The molecule has 23 heavy (non-hydrogen) atoms. The Morgan fingerprint density at radius 2 is 2.00 bits per heavy atom. The topological polar surface area (TPSA) is 55.4 Å². The van der Waals surface area contributed by atoms with Gasteiger partial charge in [0.25, 0.3) is 0 Å². The number of rotatable bonds is 5. The SMILES string of the molecule is Cc1cccc(CS(=O)(=O)NCc2ccc3c(c2)CCCO3)c1. The Balaban J connectivity index is 1.65. The average molecular weight is 331 g/mol. The molecule has 1 aliphatic rings. The first-order valence-corrected chi connectivity index (χ1v) is 9.44. The molecule has 5 heteroatoms. The van der Waals surface area contributed by atoms with Gasteiger partial charge >= 0.3 is 0 Å². The predicted octanol–water partition coefficient (Wildman–Crippen LogP) is 2.94. The third kappa shape index (κ3) is 4.33. The van der Waals surface area contributed by atoms with Crippen LogP contribution in [0.1, 0.15) is 28.7 Å². The molecule has 0 aromatic heterocycles. The molecule has 0 aliphatic carbocycles. The van der Waals surface area contributed by atoms with Crippen LogP contribution in [0.15, 0.2) is 42.5 Å². The highest BCUT2D eigenvalue weighted by molar-refractivity contribution is 7.88. The molecule has 4 nitrogen and oxygen atoms in total. The van der Waals surface area contributed by atoms with Gasteiger partial charge in [-0.05, 0) is 42.5 Å². The molecular formula is C18H21NO3S. The van der Waals surface area contributed by atoms with Crippen molar-refractivity contribution < 1.29 is 13.2 Å². The van der Waals surface area contributed by atoms with Gasteiger partial charge in [0.2, 0.25) is 10.0 Å². The van der Waals surface area contributed by atoms with Gasteiger partial charge in [-0.3, -0.25) is 0 Å². The Bertz CT molecular complexity index is 800. The van der Waals surface area contributed by atoms with Crippen LogP contribution in [0.3, 0.4) is 0 Å². The minimum Gasteiger partial charge on any atom is -0.493 e. The van der Waals surface area contributed by atoms with Crippen LogP contribution in [0.2, 0.25) is 0 Å². The molecule has 2 aromatic carbocycles. The summed E-state index contributed by atoms with van der Waals surface area (Å²) in [7, 11) is -3.35. The second kappa shape index (κ2) is 6.72. The Morgan fingerprint density at radius 1 is 1.13 bits per heavy atom. The molecule has 1 heterocycles. The van der Waals surface area contributed by atoms with Gasteiger partial charge in [0, 0.05) is 6.54 Å². The third-order valence-electron chi connectivity index (χ3n) is 3.91. The number of ether oxygens (including phenoxy) is 1. The zero-order valence-corrected chi connectivity index (χ0v) is 14.0. The Morgan fingerprint density at radius 3 is 2.83 bits per heavy atom. The standard InChI is InChI=1S/C18H21NO3S/c1-14-4-2-5-16(10-14)13-23(20,21)19-12-15-7-8-18-17(11-15)6-3-9-22-18/h2,4-5,7-8,10-11,19H,3,6,9,12-13H2,1H3. The number of aryl methyl sites for hydroxylation is 2. The zero-order valence-electron chi connectivity index (χ0n) is 13.2. The van der Waals surface area contributed by atoms with Crippen molar-refractivity contribution in [3.05, 3.63) is 64.7 Å². The molecule has 0 saturated heterocycles. The summed E-state index contributed by atoms with van der Waals surface area (Å²) < 4.78 is 32.7. The summed E-state index contributed by atoms with van der Waals surface area (Å²) in [6.07, 6.45) is 1.99. The van der Waals surface area contributed by atoms with Crippen LogP contribution in [0, 0.1) is 6.92 Å². The number of sulfonamides is 1. The normalized spacial score (nSPS) is 14.1. The van der Waals surface area contributed by atoms with Crippen LogP contribution in [-0.4, -0.2) is 15.0 Å². The fourth-order valence-corrected chi connectivity index (χ4v) is 3.90. The van der Waals surface area contributed by atoms with E-state index in [9.17, 15) is 8.42 Å². The molecule has 0 atom stereocenters. The second-order valence-corrected chi connectivity index (χ2v) is 7.77. The fraction of sp³-hybridized carbons (Fsp3) is 0.333. The lowest BCUT2D eigenvalue weighted by Crippen LogP contribution is -2.25. The lowest BCUT2D eigenvalue weighted by atomic mass is 10.0. The van der Waals surface area contributed by atoms with Crippen molar-refractivity contribution >= 4 is 10.0 Å². The minimum absolute atomic E-state index is 0.00271. The maximum atomic E-state index is 12.2. The summed E-state index contributed by atoms with van der Waals surface area (Å²) in [5, 5.41) is 0. The highest BCUT2D eigenvalue weighted by Crippen LogP contribution is 2.25. The van der Waals surface area contributed by atoms with E-state index in [-0.39, 0.29) is 5.75 Å². The molecule has 2 aromatic rings. The molecule has 1 aliphatic heterocycles. The molecule has 1 N–H and O–H groups in total. The number of nitrogens with one attached hydrogen (secondary N) is 1. The van der Waals surface area contributed by atoms with E-state index in [0.717, 1.165) is 47.5 Å². The highest BCUT2D eigenvalue weighted by Gasteiger charge is 2.14. The summed E-state index contributed by atoms with van der Waals surface area (Å²) in [4.78, 5) is 0. The quantitative estimate of drug-likeness (QED) is 0.916. The molecule has 0 unspecified atom stereocenters. The van der Waals surface area contributed by atoms with Crippen molar-refractivity contribution in [2.75, 3.05) is 6.61 Å². The molecule has 122 valence electrons. The van der Waals surface area contributed by atoms with E-state index >= 15 is 0 Å². The predicted molar refractivity (Wildman–Crippen MR) is 90.9 cm³/mol. The molecule has 3 rings (SSSR count). The van der Waals surface area contributed by atoms with Crippen LogP contribution in [-0.2, 0) is 28.7 Å². The second-order valence-electron chi connectivity index (χ2n) is 5.96. The summed E-state index contributed by atoms with van der Waals surface area (Å²) >= 11 is 0. The van der Waals surface area contributed by atoms with Crippen molar-refractivity contribution in [3.8, 4) is 5.75 Å². The van der Waals surface area contributed by atoms with Gasteiger partial charge < -0.3 is 4.74 Å². The maximum Gasteiger partial charge on any atom is 0.216 e. The van der Waals surface area contributed by atoms with Crippen molar-refractivity contribution in [1.29, 1.82) is 0 Å². The minimum atomic E-state index is -3.35. The average Bonchev–Trinajstić information content (AvgIpc) is 2.52. The Hall–Kier alpha value is -1.85. The first-order chi connectivity index (χ1) is 11.0. The third-order valence-corrected chi connectivity index (χ3v) is 5.21. The van der Waals surface area contributed by atoms with E-state index < -0.39 is 10.0 Å². The number of hydrogen-bond acceptors (Lipinski definition) is 3. The van der Waals surface area contributed by atoms with E-state index in [0.29, 0.717) is 6.54 Å². The lowest BCUT2D eigenvalue weighted by molar-refractivity contribution is 0.288. The fourth-order valence-electron chi connectivity index (χ4n) is 2.79. The lowest BCUT2D eigenvalue weighted by Gasteiger charge is -2.18. The van der Waals surface area contributed by atoms with Gasteiger partial charge in [0.15, 0.2) is 0 Å². The first-order valence-electron chi connectivity index (χ1n) is 7.79. The monoisotopic (exact) mass is 331 g/mol. The van der Waals surface area contributed by atoms with Crippen LogP contribution in [0.5, 0.6) is 5.75 Å². The Kier molecular flexibility index (Phi) is 4.68. The molecular weight excluding hydrogens is 310 g/mol. The summed E-state index contributed by atoms with van der Waals surface area (Å²) in [6, 6.07) is 13.4. The van der Waals surface area contributed by atoms with Crippen LogP contribution in [0.4, 0.5) is 0 Å². The van der Waals surface area contributed by atoms with Crippen molar-refractivity contribution in [1.82, 2.24) is 4.72 Å². The van der Waals surface area contributed by atoms with Crippen molar-refractivity contribution in [2.24, 2.45) is 0 Å². The molecule has 0 spiro atoms. The maximum absolute atomic E-state index is 12.2. The van der Waals surface area contributed by atoms with E-state index in [1.807, 2.05) is 49.4 Å². The summed E-state index contributed by atoms with van der Waals surface area (Å²) in [5.41, 5.74) is 3.98. The van der Waals surface area contributed by atoms with E-state index in [1.54, 1.807) is 0 Å². The highest BCUT2D eigenvalue weighted by atomic mass is 32.2. The van der Waals surface area contributed by atoms with E-state index in [2.05, 4.69) is 4.72 Å². The van der Waals surface area contributed by atoms with Crippen molar-refractivity contribution in [2.45, 2.75) is 32.1 Å². The van der Waals surface area contributed by atoms with Gasteiger partial charge in [0.05, 0.1) is 12.4 Å². The first kappa shape index (κ1) is 16.0. The molecule has 0 bridgehead atoms. The van der Waals surface area contributed by atoms with Crippen molar-refractivity contribution in [3.63, 3.8) is 0 Å². The molecule has 0 amide bonds. The molecule has 0 saturated carbocycles. The van der Waals surface area contributed by atoms with E-state index in [4.69, 9.17) is 4.74 Å². The smallest absolute Gasteiger partial charge is 0.216 e. The Labute approximate surface area is 137 Å². The number of fused-ring (bicyclic) bond motifs is 1. The van der Waals surface area contributed by atoms with Gasteiger partial charge in [-0.2, -0.15) is 0 Å². The van der Waals surface area contributed by atoms with Gasteiger partial charge in [-0.1, -0.05) is 42.0 Å². The van der Waals surface area contributed by atoms with Gasteiger partial charge in [-0.15, -0.1) is 0 Å². The summed E-state index contributed by atoms with van der Waals surface area (Å²) in [5.74, 6) is 0.922. The number of hydrogen-bond donors (Lipinski definition) is 1. The summed E-state index contributed by atoms with van der Waals surface area (Å²) in [6.45, 7) is 3.02. The van der Waals surface area contributed by atoms with Gasteiger partial charge in [-0.25, -0.2) is 13.1 Å². The molecule has 0 fully saturated rings.